The van der Waals surface area contributed by atoms with Gasteiger partial charge in [0.1, 0.15) is 6.33 Å². The van der Waals surface area contributed by atoms with Crippen LogP contribution in [0.2, 0.25) is 0 Å². The molecule has 2 heterocycles. The molecule has 2 N–H and O–H groups in total. The monoisotopic (exact) mass is 235 g/mol. The minimum absolute atomic E-state index is 0.107. The largest absolute Gasteiger partial charge is 0.394 e. The Kier molecular flexibility index (Phi) is 3.01. The molecule has 2 aromatic rings. The molecule has 1 amide bonds. The first-order valence-electron chi connectivity index (χ1n) is 5.20. The zero-order valence-electron chi connectivity index (χ0n) is 9.58. The second-order valence-corrected chi connectivity index (χ2v) is 3.79. The molecular weight excluding hydrogens is 222 g/mol. The van der Waals surface area contributed by atoms with E-state index in [0.717, 1.165) is 0 Å². The first-order valence-corrected chi connectivity index (χ1v) is 5.20. The number of aromatic nitrogens is 4. The number of aryl methyl sites for hydroxylation is 1. The first kappa shape index (κ1) is 11.5. The molecule has 0 aliphatic rings. The van der Waals surface area contributed by atoms with Gasteiger partial charge in [-0.25, -0.2) is 9.50 Å². The number of hydrogen-bond acceptors (Lipinski definition) is 5. The number of aliphatic hydroxyl groups excluding tert-OH is 1. The molecule has 7 heteroatoms. The molecule has 0 fully saturated rings. The number of rotatable bonds is 3. The summed E-state index contributed by atoms with van der Waals surface area (Å²) >= 11 is 0. The van der Waals surface area contributed by atoms with Crippen LogP contribution in [0.3, 0.4) is 0 Å². The van der Waals surface area contributed by atoms with Crippen LogP contribution in [0, 0.1) is 6.92 Å². The maximum Gasteiger partial charge on any atom is 0.254 e. The van der Waals surface area contributed by atoms with Crippen molar-refractivity contribution in [1.82, 2.24) is 24.9 Å². The number of nitrogens with zero attached hydrogens (tertiary/aromatic N) is 4. The smallest absolute Gasteiger partial charge is 0.254 e. The van der Waals surface area contributed by atoms with Crippen LogP contribution in [-0.4, -0.2) is 43.2 Å². The highest BCUT2D eigenvalue weighted by molar-refractivity contribution is 5.95. The predicted octanol–water partition coefficient (Wildman–Crippen LogP) is -0.457. The Morgan fingerprint density at radius 3 is 3.06 bits per heavy atom. The molecule has 0 radical (unpaired) electrons. The van der Waals surface area contributed by atoms with Gasteiger partial charge in [-0.05, 0) is 13.8 Å². The Morgan fingerprint density at radius 2 is 2.35 bits per heavy atom. The lowest BCUT2D eigenvalue weighted by atomic mass is 10.2. The fourth-order valence-electron chi connectivity index (χ4n) is 1.46. The normalized spacial score (nSPS) is 12.6. The summed E-state index contributed by atoms with van der Waals surface area (Å²) < 4.78 is 1.50. The summed E-state index contributed by atoms with van der Waals surface area (Å²) in [5.74, 6) is 0.170. The van der Waals surface area contributed by atoms with E-state index < -0.39 is 0 Å². The Balaban J connectivity index is 2.35. The quantitative estimate of drug-likeness (QED) is 0.751. The van der Waals surface area contributed by atoms with E-state index in [0.29, 0.717) is 17.0 Å². The van der Waals surface area contributed by atoms with Crippen molar-refractivity contribution in [3.63, 3.8) is 0 Å². The van der Waals surface area contributed by atoms with Crippen LogP contribution in [0.25, 0.3) is 5.78 Å². The molecule has 7 nitrogen and oxygen atoms in total. The lowest BCUT2D eigenvalue weighted by Gasteiger charge is -2.12. The van der Waals surface area contributed by atoms with E-state index in [1.807, 2.05) is 0 Å². The van der Waals surface area contributed by atoms with Gasteiger partial charge in [0.25, 0.3) is 11.7 Å². The van der Waals surface area contributed by atoms with Gasteiger partial charge < -0.3 is 10.4 Å². The molecule has 0 spiro atoms. The highest BCUT2D eigenvalue weighted by Gasteiger charge is 2.15. The standard InChI is InChI=1S/C10H13N5O2/c1-6(4-16)14-9(17)8-3-11-10-12-5-13-15(10)7(8)2/h3,5-6,16H,4H2,1-2H3,(H,14,17). The van der Waals surface area contributed by atoms with Crippen molar-refractivity contribution >= 4 is 11.7 Å². The zero-order chi connectivity index (χ0) is 12.4. The van der Waals surface area contributed by atoms with E-state index in [9.17, 15) is 4.79 Å². The van der Waals surface area contributed by atoms with Crippen LogP contribution in [0.5, 0.6) is 0 Å². The summed E-state index contributed by atoms with van der Waals surface area (Å²) in [6, 6.07) is -0.298. The molecule has 0 bridgehead atoms. The van der Waals surface area contributed by atoms with Gasteiger partial charge >= 0.3 is 0 Å². The first-order chi connectivity index (χ1) is 8.13. The molecule has 2 rings (SSSR count). The molecular formula is C10H13N5O2. The minimum atomic E-state index is -0.298. The summed E-state index contributed by atoms with van der Waals surface area (Å²) in [6.45, 7) is 3.38. The van der Waals surface area contributed by atoms with Crippen molar-refractivity contribution in [3.05, 3.63) is 23.8 Å². The van der Waals surface area contributed by atoms with Crippen molar-refractivity contribution in [1.29, 1.82) is 0 Å². The Bertz CT molecular complexity index is 551. The number of aliphatic hydroxyl groups is 1. The van der Waals surface area contributed by atoms with Gasteiger partial charge in [-0.2, -0.15) is 10.1 Å². The molecule has 2 aromatic heterocycles. The number of fused-ring (bicyclic) bond motifs is 1. The van der Waals surface area contributed by atoms with Crippen LogP contribution in [0.15, 0.2) is 12.5 Å². The average Bonchev–Trinajstić information content (AvgIpc) is 2.78. The van der Waals surface area contributed by atoms with Gasteiger partial charge in [-0.15, -0.1) is 0 Å². The van der Waals surface area contributed by atoms with Crippen molar-refractivity contribution in [3.8, 4) is 0 Å². The van der Waals surface area contributed by atoms with E-state index in [1.165, 1.54) is 17.0 Å². The number of carbonyl (C=O) groups excluding carboxylic acids is 1. The SMILES string of the molecule is Cc1c(C(=O)NC(C)CO)cnc2ncnn12. The number of nitrogens with one attached hydrogen (secondary N) is 1. The van der Waals surface area contributed by atoms with Crippen molar-refractivity contribution in [2.45, 2.75) is 19.9 Å². The maximum atomic E-state index is 11.9. The maximum absolute atomic E-state index is 11.9. The van der Waals surface area contributed by atoms with E-state index in [-0.39, 0.29) is 18.6 Å². The lowest BCUT2D eigenvalue weighted by molar-refractivity contribution is 0.0920. The number of hydrogen-bond donors (Lipinski definition) is 2. The fraction of sp³-hybridized carbons (Fsp3) is 0.400. The van der Waals surface area contributed by atoms with Crippen molar-refractivity contribution in [2.75, 3.05) is 6.61 Å². The second kappa shape index (κ2) is 4.46. The van der Waals surface area contributed by atoms with Crippen LogP contribution in [0.4, 0.5) is 0 Å². The number of amides is 1. The van der Waals surface area contributed by atoms with Crippen LogP contribution >= 0.6 is 0 Å². The Labute approximate surface area is 97.5 Å². The van der Waals surface area contributed by atoms with Crippen LogP contribution in [0.1, 0.15) is 23.0 Å². The third-order valence-corrected chi connectivity index (χ3v) is 2.44. The average molecular weight is 235 g/mol. The van der Waals surface area contributed by atoms with E-state index >= 15 is 0 Å². The van der Waals surface area contributed by atoms with Crippen molar-refractivity contribution < 1.29 is 9.90 Å². The minimum Gasteiger partial charge on any atom is -0.394 e. The fourth-order valence-corrected chi connectivity index (χ4v) is 1.46. The molecule has 1 atom stereocenters. The molecule has 0 aliphatic carbocycles. The third-order valence-electron chi connectivity index (χ3n) is 2.44. The highest BCUT2D eigenvalue weighted by atomic mass is 16.3. The third kappa shape index (κ3) is 2.09. The zero-order valence-corrected chi connectivity index (χ0v) is 9.58. The lowest BCUT2D eigenvalue weighted by Crippen LogP contribution is -2.35. The topological polar surface area (TPSA) is 92.4 Å². The van der Waals surface area contributed by atoms with Gasteiger partial charge in [-0.1, -0.05) is 0 Å². The molecule has 17 heavy (non-hydrogen) atoms. The Hall–Kier alpha value is -2.02. The van der Waals surface area contributed by atoms with Crippen LogP contribution in [-0.2, 0) is 0 Å². The summed E-state index contributed by atoms with van der Waals surface area (Å²) in [6.07, 6.45) is 2.84. The van der Waals surface area contributed by atoms with Gasteiger partial charge in [-0.3, -0.25) is 4.79 Å². The summed E-state index contributed by atoms with van der Waals surface area (Å²) in [4.78, 5) is 19.8. The van der Waals surface area contributed by atoms with E-state index in [1.54, 1.807) is 13.8 Å². The van der Waals surface area contributed by atoms with E-state index in [4.69, 9.17) is 5.11 Å². The molecule has 0 aromatic carbocycles. The van der Waals surface area contributed by atoms with Crippen molar-refractivity contribution in [2.24, 2.45) is 0 Å². The summed E-state index contributed by atoms with van der Waals surface area (Å²) in [5, 5.41) is 15.5. The molecule has 90 valence electrons. The Morgan fingerprint density at radius 1 is 1.59 bits per heavy atom. The summed E-state index contributed by atoms with van der Waals surface area (Å²) in [7, 11) is 0. The second-order valence-electron chi connectivity index (χ2n) is 3.79. The predicted molar refractivity (Wildman–Crippen MR) is 59.5 cm³/mol. The van der Waals surface area contributed by atoms with Gasteiger partial charge in [0.05, 0.1) is 17.9 Å². The van der Waals surface area contributed by atoms with E-state index in [2.05, 4.69) is 20.4 Å². The highest BCUT2D eigenvalue weighted by Crippen LogP contribution is 2.07. The number of carbonyl (C=O) groups is 1. The van der Waals surface area contributed by atoms with Crippen LogP contribution < -0.4 is 5.32 Å². The van der Waals surface area contributed by atoms with Gasteiger partial charge in [0, 0.05) is 12.2 Å². The molecule has 0 saturated heterocycles. The summed E-state index contributed by atoms with van der Waals surface area (Å²) in [5.41, 5.74) is 1.08. The molecule has 0 saturated carbocycles. The van der Waals surface area contributed by atoms with Gasteiger partial charge in [0.15, 0.2) is 0 Å². The molecule has 0 aliphatic heterocycles. The van der Waals surface area contributed by atoms with Gasteiger partial charge in [0.2, 0.25) is 0 Å². The molecule has 1 unspecified atom stereocenters.